The van der Waals surface area contributed by atoms with Gasteiger partial charge in [0.15, 0.2) is 0 Å². The van der Waals surface area contributed by atoms with Crippen LogP contribution in [0.1, 0.15) is 23.1 Å². The molecular formula is C8H9BrF2N2. The van der Waals surface area contributed by atoms with Crippen LogP contribution in [0.3, 0.4) is 0 Å². The first-order chi connectivity index (χ1) is 6.07. The number of rotatable bonds is 2. The minimum atomic E-state index is -2.54. The highest BCUT2D eigenvalue weighted by Gasteiger charge is 2.18. The van der Waals surface area contributed by atoms with Crippen molar-refractivity contribution in [3.63, 3.8) is 0 Å². The Hall–Kier alpha value is -0.550. The van der Waals surface area contributed by atoms with Gasteiger partial charge in [-0.3, -0.25) is 0 Å². The Labute approximate surface area is 83.3 Å². The number of aromatic nitrogens is 1. The first kappa shape index (κ1) is 10.5. The van der Waals surface area contributed by atoms with Crippen LogP contribution >= 0.6 is 15.9 Å². The molecule has 2 nitrogen and oxygen atoms in total. The third-order valence-corrected chi connectivity index (χ3v) is 2.45. The largest absolute Gasteiger partial charge is 0.326 e. The monoisotopic (exact) mass is 250 g/mol. The molecule has 13 heavy (non-hydrogen) atoms. The molecule has 0 aliphatic rings. The van der Waals surface area contributed by atoms with Gasteiger partial charge >= 0.3 is 0 Å². The molecule has 1 heterocycles. The molecule has 0 atom stereocenters. The number of hydrogen-bond acceptors (Lipinski definition) is 2. The van der Waals surface area contributed by atoms with E-state index in [0.717, 1.165) is 0 Å². The molecule has 0 radical (unpaired) electrons. The zero-order valence-electron chi connectivity index (χ0n) is 7.02. The summed E-state index contributed by atoms with van der Waals surface area (Å²) < 4.78 is 25.2. The van der Waals surface area contributed by atoms with E-state index in [1.54, 1.807) is 6.92 Å². The molecule has 0 spiro atoms. The lowest BCUT2D eigenvalue weighted by Gasteiger charge is -2.10. The highest BCUT2D eigenvalue weighted by atomic mass is 79.9. The standard InChI is InChI=1S/C8H9BrF2N2/c1-4-3-13-7(9)6(8(10)11)5(4)2-12/h3,8H,2,12H2,1H3. The molecule has 0 unspecified atom stereocenters. The van der Waals surface area contributed by atoms with Gasteiger partial charge in [-0.05, 0) is 34.0 Å². The maximum absolute atomic E-state index is 12.5. The van der Waals surface area contributed by atoms with Crippen molar-refractivity contribution in [2.24, 2.45) is 5.73 Å². The van der Waals surface area contributed by atoms with E-state index in [2.05, 4.69) is 20.9 Å². The van der Waals surface area contributed by atoms with Crippen molar-refractivity contribution in [3.05, 3.63) is 27.5 Å². The van der Waals surface area contributed by atoms with Crippen molar-refractivity contribution < 1.29 is 8.78 Å². The zero-order chi connectivity index (χ0) is 10.0. The van der Waals surface area contributed by atoms with E-state index in [4.69, 9.17) is 5.73 Å². The molecule has 0 saturated carbocycles. The van der Waals surface area contributed by atoms with E-state index in [9.17, 15) is 8.78 Å². The second-order valence-electron chi connectivity index (χ2n) is 2.63. The Morgan fingerprint density at radius 1 is 1.62 bits per heavy atom. The number of halogens is 3. The highest BCUT2D eigenvalue weighted by Crippen LogP contribution is 2.30. The van der Waals surface area contributed by atoms with Gasteiger partial charge in [0.1, 0.15) is 4.60 Å². The molecule has 5 heteroatoms. The van der Waals surface area contributed by atoms with Gasteiger partial charge in [-0.1, -0.05) is 0 Å². The van der Waals surface area contributed by atoms with E-state index in [1.807, 2.05) is 0 Å². The van der Waals surface area contributed by atoms with Crippen molar-refractivity contribution in [2.75, 3.05) is 0 Å². The second-order valence-corrected chi connectivity index (χ2v) is 3.38. The van der Waals surface area contributed by atoms with Crippen LogP contribution in [0.25, 0.3) is 0 Å². The molecule has 1 aromatic rings. The summed E-state index contributed by atoms with van der Waals surface area (Å²) in [5, 5.41) is 0. The Morgan fingerprint density at radius 3 is 2.62 bits per heavy atom. The number of nitrogens with zero attached hydrogens (tertiary/aromatic N) is 1. The molecule has 0 amide bonds. The van der Waals surface area contributed by atoms with Gasteiger partial charge < -0.3 is 5.73 Å². The fraction of sp³-hybridized carbons (Fsp3) is 0.375. The van der Waals surface area contributed by atoms with Crippen LogP contribution in [0.4, 0.5) is 8.78 Å². The molecule has 0 aliphatic heterocycles. The number of pyridine rings is 1. The third kappa shape index (κ3) is 2.03. The summed E-state index contributed by atoms with van der Waals surface area (Å²) in [6.07, 6.45) is -1.02. The predicted molar refractivity (Wildman–Crippen MR) is 49.5 cm³/mol. The Bertz CT molecular complexity index is 315. The fourth-order valence-corrected chi connectivity index (χ4v) is 1.65. The normalized spacial score (nSPS) is 10.9. The summed E-state index contributed by atoms with van der Waals surface area (Å²) in [5.41, 5.74) is 6.45. The van der Waals surface area contributed by atoms with E-state index < -0.39 is 6.43 Å². The summed E-state index contributed by atoms with van der Waals surface area (Å²) in [5.74, 6) is 0. The Balaban J connectivity index is 3.35. The smallest absolute Gasteiger partial charge is 0.266 e. The summed E-state index contributed by atoms with van der Waals surface area (Å²) >= 11 is 2.98. The van der Waals surface area contributed by atoms with Crippen molar-refractivity contribution in [2.45, 2.75) is 19.9 Å². The van der Waals surface area contributed by atoms with Crippen LogP contribution in [0.2, 0.25) is 0 Å². The number of aryl methyl sites for hydroxylation is 1. The molecule has 0 aliphatic carbocycles. The second kappa shape index (κ2) is 4.11. The van der Waals surface area contributed by atoms with Gasteiger partial charge in [0, 0.05) is 12.7 Å². The summed E-state index contributed by atoms with van der Waals surface area (Å²) in [7, 11) is 0. The van der Waals surface area contributed by atoms with Crippen LogP contribution in [0.5, 0.6) is 0 Å². The minimum Gasteiger partial charge on any atom is -0.326 e. The molecular weight excluding hydrogens is 242 g/mol. The molecule has 1 aromatic heterocycles. The van der Waals surface area contributed by atoms with E-state index in [0.29, 0.717) is 11.1 Å². The maximum Gasteiger partial charge on any atom is 0.266 e. The molecule has 2 N–H and O–H groups in total. The average molecular weight is 251 g/mol. The van der Waals surface area contributed by atoms with Crippen molar-refractivity contribution in [1.82, 2.24) is 4.98 Å². The fourth-order valence-electron chi connectivity index (χ4n) is 1.13. The minimum absolute atomic E-state index is 0.0949. The molecule has 0 aromatic carbocycles. The zero-order valence-corrected chi connectivity index (χ0v) is 8.61. The van der Waals surface area contributed by atoms with Gasteiger partial charge in [-0.15, -0.1) is 0 Å². The van der Waals surface area contributed by atoms with Gasteiger partial charge in [-0.2, -0.15) is 0 Å². The topological polar surface area (TPSA) is 38.9 Å². The van der Waals surface area contributed by atoms with Crippen molar-refractivity contribution in [3.8, 4) is 0 Å². The van der Waals surface area contributed by atoms with Gasteiger partial charge in [0.25, 0.3) is 6.43 Å². The lowest BCUT2D eigenvalue weighted by atomic mass is 10.1. The maximum atomic E-state index is 12.5. The third-order valence-electron chi connectivity index (χ3n) is 1.82. The number of hydrogen-bond donors (Lipinski definition) is 1. The van der Waals surface area contributed by atoms with Gasteiger partial charge in [-0.25, -0.2) is 13.8 Å². The van der Waals surface area contributed by atoms with Crippen LogP contribution in [0, 0.1) is 6.92 Å². The molecule has 0 fully saturated rings. The van der Waals surface area contributed by atoms with E-state index >= 15 is 0 Å². The van der Waals surface area contributed by atoms with Crippen molar-refractivity contribution in [1.29, 1.82) is 0 Å². The predicted octanol–water partition coefficient (Wildman–Crippen LogP) is 2.55. The summed E-state index contributed by atoms with van der Waals surface area (Å²) in [4.78, 5) is 3.79. The number of nitrogens with two attached hydrogens (primary N) is 1. The summed E-state index contributed by atoms with van der Waals surface area (Å²) in [6.45, 7) is 1.82. The highest BCUT2D eigenvalue weighted by molar-refractivity contribution is 9.10. The molecule has 72 valence electrons. The van der Waals surface area contributed by atoms with Crippen LogP contribution < -0.4 is 5.73 Å². The van der Waals surface area contributed by atoms with Crippen LogP contribution in [-0.4, -0.2) is 4.98 Å². The lowest BCUT2D eigenvalue weighted by molar-refractivity contribution is 0.148. The van der Waals surface area contributed by atoms with Gasteiger partial charge in [0.05, 0.1) is 5.56 Å². The Morgan fingerprint density at radius 2 is 2.23 bits per heavy atom. The number of alkyl halides is 2. The summed E-state index contributed by atoms with van der Waals surface area (Å²) in [6, 6.07) is 0. The van der Waals surface area contributed by atoms with E-state index in [-0.39, 0.29) is 16.7 Å². The Kier molecular flexibility index (Phi) is 3.33. The van der Waals surface area contributed by atoms with Crippen molar-refractivity contribution >= 4 is 15.9 Å². The van der Waals surface area contributed by atoms with Crippen LogP contribution in [0.15, 0.2) is 10.8 Å². The van der Waals surface area contributed by atoms with Gasteiger partial charge in [0.2, 0.25) is 0 Å². The molecule has 1 rings (SSSR count). The average Bonchev–Trinajstić information content (AvgIpc) is 2.07. The first-order valence-electron chi connectivity index (χ1n) is 3.70. The quantitative estimate of drug-likeness (QED) is 0.820. The molecule has 0 saturated heterocycles. The first-order valence-corrected chi connectivity index (χ1v) is 4.49. The van der Waals surface area contributed by atoms with Crippen LogP contribution in [-0.2, 0) is 6.54 Å². The SMILES string of the molecule is Cc1cnc(Br)c(C(F)F)c1CN. The lowest BCUT2D eigenvalue weighted by Crippen LogP contribution is -2.06. The van der Waals surface area contributed by atoms with E-state index in [1.165, 1.54) is 6.20 Å². The molecule has 0 bridgehead atoms.